The first-order chi connectivity index (χ1) is 7.77. The molecule has 0 spiro atoms. The van der Waals surface area contributed by atoms with Gasteiger partial charge in [0.25, 0.3) is 5.91 Å². The molecule has 1 aliphatic heterocycles. The van der Waals surface area contributed by atoms with Gasteiger partial charge in [0.1, 0.15) is 5.71 Å². The number of aromatic nitrogens is 2. The summed E-state index contributed by atoms with van der Waals surface area (Å²) in [7, 11) is 0. The third-order valence-corrected chi connectivity index (χ3v) is 1.88. The molecule has 0 atom stereocenters. The van der Waals surface area contributed by atoms with Crippen LogP contribution < -0.4 is 5.32 Å². The Morgan fingerprint density at radius 3 is 3.06 bits per heavy atom. The molecule has 1 aromatic heterocycles. The SMILES string of the molecule is CC1=NOCN=C1C(=O)Nc1ccnnc1. The Kier molecular flexibility index (Phi) is 2.86. The highest BCUT2D eigenvalue weighted by Gasteiger charge is 2.17. The zero-order chi connectivity index (χ0) is 11.4. The van der Waals surface area contributed by atoms with Crippen molar-refractivity contribution in [3.63, 3.8) is 0 Å². The van der Waals surface area contributed by atoms with E-state index in [0.717, 1.165) is 0 Å². The van der Waals surface area contributed by atoms with E-state index in [1.54, 1.807) is 13.0 Å². The van der Waals surface area contributed by atoms with E-state index < -0.39 is 0 Å². The van der Waals surface area contributed by atoms with Crippen molar-refractivity contribution in [1.82, 2.24) is 10.2 Å². The van der Waals surface area contributed by atoms with E-state index in [-0.39, 0.29) is 18.3 Å². The molecule has 1 aliphatic rings. The van der Waals surface area contributed by atoms with Gasteiger partial charge in [-0.25, -0.2) is 4.99 Å². The fraction of sp³-hybridized carbons (Fsp3) is 0.222. The molecule has 0 bridgehead atoms. The highest BCUT2D eigenvalue weighted by atomic mass is 16.6. The molecule has 0 aliphatic carbocycles. The van der Waals surface area contributed by atoms with Gasteiger partial charge in [-0.15, -0.1) is 0 Å². The molecule has 7 nitrogen and oxygen atoms in total. The number of anilines is 1. The fourth-order valence-electron chi connectivity index (χ4n) is 1.17. The topological polar surface area (TPSA) is 88.8 Å². The smallest absolute Gasteiger partial charge is 0.276 e. The van der Waals surface area contributed by atoms with Crippen molar-refractivity contribution in [2.45, 2.75) is 6.92 Å². The minimum absolute atomic E-state index is 0.0642. The maximum atomic E-state index is 11.8. The minimum atomic E-state index is -0.336. The molecule has 2 rings (SSSR count). The van der Waals surface area contributed by atoms with Crippen LogP contribution in [0, 0.1) is 0 Å². The maximum Gasteiger partial charge on any atom is 0.276 e. The Bertz CT molecular complexity index is 454. The van der Waals surface area contributed by atoms with Crippen LogP contribution in [0.25, 0.3) is 0 Å². The van der Waals surface area contributed by atoms with Gasteiger partial charge in [-0.2, -0.15) is 10.2 Å². The summed E-state index contributed by atoms with van der Waals surface area (Å²) in [4.78, 5) is 20.4. The van der Waals surface area contributed by atoms with E-state index in [2.05, 4.69) is 25.7 Å². The zero-order valence-corrected chi connectivity index (χ0v) is 8.54. The van der Waals surface area contributed by atoms with Crippen LogP contribution in [-0.2, 0) is 9.63 Å². The number of aliphatic imine (C=N–C) groups is 1. The maximum absolute atomic E-state index is 11.8. The van der Waals surface area contributed by atoms with Crippen molar-refractivity contribution in [3.8, 4) is 0 Å². The molecular formula is C9H9N5O2. The van der Waals surface area contributed by atoms with E-state index in [0.29, 0.717) is 11.4 Å². The van der Waals surface area contributed by atoms with Crippen LogP contribution >= 0.6 is 0 Å². The van der Waals surface area contributed by atoms with Crippen molar-refractivity contribution >= 4 is 23.0 Å². The molecule has 0 saturated carbocycles. The van der Waals surface area contributed by atoms with Gasteiger partial charge < -0.3 is 10.2 Å². The molecule has 7 heteroatoms. The number of amides is 1. The second kappa shape index (κ2) is 4.47. The van der Waals surface area contributed by atoms with Gasteiger partial charge in [0.15, 0.2) is 5.71 Å². The van der Waals surface area contributed by atoms with Crippen molar-refractivity contribution in [1.29, 1.82) is 0 Å². The highest BCUT2D eigenvalue weighted by Crippen LogP contribution is 2.03. The van der Waals surface area contributed by atoms with Crippen LogP contribution in [0.2, 0.25) is 0 Å². The number of carbonyl (C=O) groups excluding carboxylic acids is 1. The predicted molar refractivity (Wildman–Crippen MR) is 57.2 cm³/mol. The number of oxime groups is 1. The van der Waals surface area contributed by atoms with Crippen LogP contribution in [0.15, 0.2) is 28.6 Å². The van der Waals surface area contributed by atoms with Crippen LogP contribution in [0.5, 0.6) is 0 Å². The van der Waals surface area contributed by atoms with Crippen LogP contribution in [0.1, 0.15) is 6.92 Å². The third-order valence-electron chi connectivity index (χ3n) is 1.88. The van der Waals surface area contributed by atoms with E-state index >= 15 is 0 Å². The Morgan fingerprint density at radius 1 is 1.50 bits per heavy atom. The number of hydrogen-bond acceptors (Lipinski definition) is 6. The fourth-order valence-corrected chi connectivity index (χ4v) is 1.17. The van der Waals surface area contributed by atoms with Crippen molar-refractivity contribution in [2.75, 3.05) is 12.0 Å². The molecule has 1 aromatic rings. The lowest BCUT2D eigenvalue weighted by Gasteiger charge is -2.10. The first-order valence-electron chi connectivity index (χ1n) is 4.57. The normalized spacial score (nSPS) is 14.6. The lowest BCUT2D eigenvalue weighted by molar-refractivity contribution is -0.110. The number of rotatable bonds is 2. The number of carbonyl (C=O) groups is 1. The molecule has 1 N–H and O–H groups in total. The second-order valence-corrected chi connectivity index (χ2v) is 3.03. The molecule has 0 saturated heterocycles. The van der Waals surface area contributed by atoms with Crippen molar-refractivity contribution in [2.24, 2.45) is 10.1 Å². The quantitative estimate of drug-likeness (QED) is 0.770. The summed E-state index contributed by atoms with van der Waals surface area (Å²) >= 11 is 0. The lowest BCUT2D eigenvalue weighted by atomic mass is 10.2. The largest absolute Gasteiger partial charge is 0.372 e. The molecule has 16 heavy (non-hydrogen) atoms. The monoisotopic (exact) mass is 219 g/mol. The molecule has 0 aromatic carbocycles. The first kappa shape index (κ1) is 10.2. The summed E-state index contributed by atoms with van der Waals surface area (Å²) in [6.07, 6.45) is 2.94. The van der Waals surface area contributed by atoms with E-state index in [1.807, 2.05) is 0 Å². The van der Waals surface area contributed by atoms with Crippen LogP contribution in [0.4, 0.5) is 5.69 Å². The van der Waals surface area contributed by atoms with Crippen LogP contribution in [0.3, 0.4) is 0 Å². The molecule has 0 unspecified atom stereocenters. The number of nitrogens with one attached hydrogen (secondary N) is 1. The molecular weight excluding hydrogens is 210 g/mol. The van der Waals surface area contributed by atoms with Gasteiger partial charge >= 0.3 is 0 Å². The van der Waals surface area contributed by atoms with Crippen molar-refractivity contribution in [3.05, 3.63) is 18.5 Å². The van der Waals surface area contributed by atoms with E-state index in [1.165, 1.54) is 12.4 Å². The van der Waals surface area contributed by atoms with E-state index in [4.69, 9.17) is 4.84 Å². The Hall–Kier alpha value is -2.31. The van der Waals surface area contributed by atoms with Gasteiger partial charge in [-0.3, -0.25) is 4.79 Å². The second-order valence-electron chi connectivity index (χ2n) is 3.03. The lowest BCUT2D eigenvalue weighted by Crippen LogP contribution is -2.31. The summed E-state index contributed by atoms with van der Waals surface area (Å²) in [6, 6.07) is 1.64. The molecule has 2 heterocycles. The first-order valence-corrected chi connectivity index (χ1v) is 4.57. The predicted octanol–water partition coefficient (Wildman–Crippen LogP) is 0.220. The van der Waals surface area contributed by atoms with Gasteiger partial charge in [0.05, 0.1) is 18.1 Å². The van der Waals surface area contributed by atoms with Gasteiger partial charge in [0.2, 0.25) is 6.73 Å². The van der Waals surface area contributed by atoms with E-state index in [9.17, 15) is 4.79 Å². The Balaban J connectivity index is 2.09. The van der Waals surface area contributed by atoms with Crippen molar-refractivity contribution < 1.29 is 9.63 Å². The van der Waals surface area contributed by atoms with Crippen LogP contribution in [-0.4, -0.2) is 34.3 Å². The summed E-state index contributed by atoms with van der Waals surface area (Å²) in [5.41, 5.74) is 1.27. The number of nitrogens with zero attached hydrogens (tertiary/aromatic N) is 4. The summed E-state index contributed by atoms with van der Waals surface area (Å²) in [5.74, 6) is -0.336. The van der Waals surface area contributed by atoms with Gasteiger partial charge in [0, 0.05) is 0 Å². The highest BCUT2D eigenvalue weighted by molar-refractivity contribution is 6.68. The number of hydrogen-bond donors (Lipinski definition) is 1. The Labute approximate surface area is 91.2 Å². The molecule has 0 fully saturated rings. The molecule has 0 radical (unpaired) electrons. The molecule has 1 amide bonds. The van der Waals surface area contributed by atoms with Gasteiger partial charge in [-0.05, 0) is 13.0 Å². The molecule has 82 valence electrons. The van der Waals surface area contributed by atoms with Gasteiger partial charge in [-0.1, -0.05) is 5.16 Å². The standard InChI is InChI=1S/C9H9N5O2/c1-6-8(10-5-16-14-6)9(15)13-7-2-3-11-12-4-7/h2-4H,5H2,1H3,(H,11,13,15). The summed E-state index contributed by atoms with van der Waals surface area (Å²) < 4.78 is 0. The summed E-state index contributed by atoms with van der Waals surface area (Å²) in [6.45, 7) is 1.72. The minimum Gasteiger partial charge on any atom is -0.372 e. The average molecular weight is 219 g/mol. The third kappa shape index (κ3) is 2.19. The average Bonchev–Trinajstić information content (AvgIpc) is 2.31. The zero-order valence-electron chi connectivity index (χ0n) is 8.54. The summed E-state index contributed by atoms with van der Waals surface area (Å²) in [5, 5.41) is 13.6. The Morgan fingerprint density at radius 2 is 2.38 bits per heavy atom.